The maximum Gasteiger partial charge on any atom is 0.123 e. The Hall–Kier alpha value is -0.560. The third-order valence-electron chi connectivity index (χ3n) is 3.10. The number of rotatable bonds is 2. The van der Waals surface area contributed by atoms with E-state index in [0.29, 0.717) is 11.8 Å². The van der Waals surface area contributed by atoms with Gasteiger partial charge in [-0.1, -0.05) is 19.1 Å². The zero-order chi connectivity index (χ0) is 9.47. The molecule has 70 valence electrons. The summed E-state index contributed by atoms with van der Waals surface area (Å²) in [5.41, 5.74) is 1.41. The van der Waals surface area contributed by atoms with Crippen LogP contribution in [0.1, 0.15) is 18.9 Å². The van der Waals surface area contributed by atoms with Crippen molar-refractivity contribution in [2.24, 2.45) is 5.92 Å². The fourth-order valence-electron chi connectivity index (χ4n) is 1.86. The summed E-state index contributed by atoms with van der Waals surface area (Å²) < 4.78 is 12.6. The normalized spacial score (nSPS) is 31.8. The molecule has 1 aliphatic rings. The van der Waals surface area contributed by atoms with E-state index in [2.05, 4.69) is 6.92 Å². The highest BCUT2D eigenvalue weighted by Crippen LogP contribution is 2.54. The Kier molecular flexibility index (Phi) is 2.07. The van der Waals surface area contributed by atoms with Crippen molar-refractivity contribution >= 4 is 11.6 Å². The Balaban J connectivity index is 2.23. The molecule has 1 aliphatic carbocycles. The fourth-order valence-corrected chi connectivity index (χ4v) is 2.31. The van der Waals surface area contributed by atoms with Crippen molar-refractivity contribution < 1.29 is 4.39 Å². The first-order valence-electron chi connectivity index (χ1n) is 4.49. The van der Waals surface area contributed by atoms with Gasteiger partial charge in [-0.25, -0.2) is 4.39 Å². The third-order valence-corrected chi connectivity index (χ3v) is 3.47. The minimum Gasteiger partial charge on any atom is -0.207 e. The molecule has 2 heteroatoms. The standard InChI is InChI=1S/C11H12ClF/c1-11(6-9(11)7-12)8-2-4-10(13)5-3-8/h2-5,9H,6-7H2,1H3. The molecule has 0 aliphatic heterocycles. The first-order chi connectivity index (χ1) is 6.16. The maximum atomic E-state index is 12.6. The fraction of sp³-hybridized carbons (Fsp3) is 0.455. The van der Waals surface area contributed by atoms with Crippen molar-refractivity contribution in [1.29, 1.82) is 0 Å². The van der Waals surface area contributed by atoms with Crippen LogP contribution in [-0.4, -0.2) is 5.88 Å². The lowest BCUT2D eigenvalue weighted by atomic mass is 9.96. The largest absolute Gasteiger partial charge is 0.207 e. The van der Waals surface area contributed by atoms with E-state index in [1.54, 1.807) is 0 Å². The molecular formula is C11H12ClF. The Bertz CT molecular complexity index is 306. The van der Waals surface area contributed by atoms with Gasteiger partial charge >= 0.3 is 0 Å². The van der Waals surface area contributed by atoms with Gasteiger partial charge in [-0.3, -0.25) is 0 Å². The van der Waals surface area contributed by atoms with E-state index in [0.717, 1.165) is 6.42 Å². The number of alkyl halides is 1. The number of benzene rings is 1. The first kappa shape index (κ1) is 9.01. The second-order valence-corrected chi connectivity index (χ2v) is 4.29. The van der Waals surface area contributed by atoms with Gasteiger partial charge in [-0.2, -0.15) is 0 Å². The van der Waals surface area contributed by atoms with Crippen molar-refractivity contribution in [3.8, 4) is 0 Å². The van der Waals surface area contributed by atoms with Crippen LogP contribution in [0.25, 0.3) is 0 Å². The summed E-state index contributed by atoms with van der Waals surface area (Å²) in [7, 11) is 0. The molecule has 0 bridgehead atoms. The van der Waals surface area contributed by atoms with E-state index in [-0.39, 0.29) is 11.2 Å². The van der Waals surface area contributed by atoms with Crippen LogP contribution in [-0.2, 0) is 5.41 Å². The Morgan fingerprint density at radius 2 is 2.08 bits per heavy atom. The quantitative estimate of drug-likeness (QED) is 0.640. The van der Waals surface area contributed by atoms with Crippen molar-refractivity contribution in [2.45, 2.75) is 18.8 Å². The molecule has 2 atom stereocenters. The summed E-state index contributed by atoms with van der Waals surface area (Å²) in [6.45, 7) is 2.19. The highest BCUT2D eigenvalue weighted by Gasteiger charge is 2.50. The lowest BCUT2D eigenvalue weighted by molar-refractivity contribution is 0.623. The SMILES string of the molecule is CC1(c2ccc(F)cc2)CC1CCl. The van der Waals surface area contributed by atoms with Gasteiger partial charge in [-0.15, -0.1) is 11.6 Å². The monoisotopic (exact) mass is 198 g/mol. The highest BCUT2D eigenvalue weighted by molar-refractivity contribution is 6.18. The Morgan fingerprint density at radius 1 is 1.46 bits per heavy atom. The molecule has 0 radical (unpaired) electrons. The average Bonchev–Trinajstić information content (AvgIpc) is 2.80. The topological polar surface area (TPSA) is 0 Å². The van der Waals surface area contributed by atoms with Crippen LogP contribution >= 0.6 is 11.6 Å². The average molecular weight is 199 g/mol. The molecule has 0 nitrogen and oxygen atoms in total. The lowest BCUT2D eigenvalue weighted by Crippen LogP contribution is -2.04. The molecule has 0 heterocycles. The zero-order valence-electron chi connectivity index (χ0n) is 7.56. The number of halogens is 2. The zero-order valence-corrected chi connectivity index (χ0v) is 8.31. The summed E-state index contributed by atoms with van der Waals surface area (Å²) in [5, 5.41) is 0. The highest BCUT2D eigenvalue weighted by atomic mass is 35.5. The molecule has 2 unspecified atom stereocenters. The summed E-state index contributed by atoms with van der Waals surface area (Å²) in [6.07, 6.45) is 1.13. The molecule has 1 aromatic rings. The van der Waals surface area contributed by atoms with Gasteiger partial charge < -0.3 is 0 Å². The summed E-state index contributed by atoms with van der Waals surface area (Å²) in [4.78, 5) is 0. The molecule has 0 spiro atoms. The van der Waals surface area contributed by atoms with Gasteiger partial charge in [0.15, 0.2) is 0 Å². The minimum absolute atomic E-state index is 0.171. The van der Waals surface area contributed by atoms with Crippen LogP contribution in [0.2, 0.25) is 0 Å². The van der Waals surface area contributed by atoms with Crippen LogP contribution in [0, 0.1) is 11.7 Å². The van der Waals surface area contributed by atoms with Crippen molar-refractivity contribution in [2.75, 3.05) is 5.88 Å². The molecular weight excluding hydrogens is 187 g/mol. The van der Waals surface area contributed by atoms with E-state index in [1.807, 2.05) is 12.1 Å². The van der Waals surface area contributed by atoms with Crippen molar-refractivity contribution in [3.05, 3.63) is 35.6 Å². The van der Waals surface area contributed by atoms with E-state index < -0.39 is 0 Å². The minimum atomic E-state index is -0.171. The summed E-state index contributed by atoms with van der Waals surface area (Å²) in [6, 6.07) is 6.76. The van der Waals surface area contributed by atoms with Crippen LogP contribution in [0.4, 0.5) is 4.39 Å². The van der Waals surface area contributed by atoms with E-state index in [4.69, 9.17) is 11.6 Å². The van der Waals surface area contributed by atoms with Crippen LogP contribution in [0.5, 0.6) is 0 Å². The summed E-state index contributed by atoms with van der Waals surface area (Å²) >= 11 is 5.79. The predicted molar refractivity (Wildman–Crippen MR) is 52.6 cm³/mol. The van der Waals surface area contributed by atoms with E-state index in [1.165, 1.54) is 17.7 Å². The van der Waals surface area contributed by atoms with Gasteiger partial charge in [0.05, 0.1) is 0 Å². The number of hydrogen-bond donors (Lipinski definition) is 0. The van der Waals surface area contributed by atoms with Crippen LogP contribution in [0.3, 0.4) is 0 Å². The molecule has 1 saturated carbocycles. The van der Waals surface area contributed by atoms with Crippen molar-refractivity contribution in [3.63, 3.8) is 0 Å². The molecule has 1 aromatic carbocycles. The molecule has 1 fully saturated rings. The van der Waals surface area contributed by atoms with Gasteiger partial charge in [0, 0.05) is 5.88 Å². The molecule has 13 heavy (non-hydrogen) atoms. The Morgan fingerprint density at radius 3 is 2.54 bits per heavy atom. The third kappa shape index (κ3) is 1.46. The van der Waals surface area contributed by atoms with Gasteiger partial charge in [0.2, 0.25) is 0 Å². The molecule has 0 N–H and O–H groups in total. The van der Waals surface area contributed by atoms with Gasteiger partial charge in [0.1, 0.15) is 5.82 Å². The molecule has 0 aromatic heterocycles. The Labute approximate surface area is 82.7 Å². The predicted octanol–water partition coefficient (Wildman–Crippen LogP) is 3.34. The second kappa shape index (κ2) is 2.98. The lowest BCUT2D eigenvalue weighted by Gasteiger charge is -2.10. The van der Waals surface area contributed by atoms with Crippen LogP contribution < -0.4 is 0 Å². The first-order valence-corrected chi connectivity index (χ1v) is 5.02. The second-order valence-electron chi connectivity index (χ2n) is 3.98. The maximum absolute atomic E-state index is 12.6. The van der Waals surface area contributed by atoms with Crippen molar-refractivity contribution in [1.82, 2.24) is 0 Å². The molecule has 0 saturated heterocycles. The number of hydrogen-bond acceptors (Lipinski definition) is 0. The molecule has 2 rings (SSSR count). The smallest absolute Gasteiger partial charge is 0.123 e. The van der Waals surface area contributed by atoms with Gasteiger partial charge in [-0.05, 0) is 35.4 Å². The van der Waals surface area contributed by atoms with E-state index >= 15 is 0 Å². The van der Waals surface area contributed by atoms with Crippen LogP contribution in [0.15, 0.2) is 24.3 Å². The van der Waals surface area contributed by atoms with E-state index in [9.17, 15) is 4.39 Å². The summed E-state index contributed by atoms with van der Waals surface area (Å²) in [5.74, 6) is 1.10. The van der Waals surface area contributed by atoms with Gasteiger partial charge in [0.25, 0.3) is 0 Å². The molecule has 0 amide bonds.